The van der Waals surface area contributed by atoms with Crippen molar-refractivity contribution >= 4 is 35.1 Å². The molecule has 2 amide bonds. The molecule has 1 aromatic carbocycles. The number of thioether (sulfide) groups is 1. The van der Waals surface area contributed by atoms with Gasteiger partial charge < -0.3 is 15.7 Å². The summed E-state index contributed by atoms with van der Waals surface area (Å²) < 4.78 is 0. The molecule has 0 spiro atoms. The quantitative estimate of drug-likeness (QED) is 0.727. The van der Waals surface area contributed by atoms with Crippen molar-refractivity contribution < 1.29 is 9.90 Å². The van der Waals surface area contributed by atoms with Crippen molar-refractivity contribution in [1.82, 2.24) is 5.32 Å². The number of anilines is 1. The van der Waals surface area contributed by atoms with Crippen LogP contribution in [0.1, 0.15) is 0 Å². The highest BCUT2D eigenvalue weighted by atomic mass is 35.5. The highest BCUT2D eigenvalue weighted by Crippen LogP contribution is 2.28. The van der Waals surface area contributed by atoms with E-state index < -0.39 is 0 Å². The predicted octanol–water partition coefficient (Wildman–Crippen LogP) is 2.18. The molecule has 0 aliphatic rings. The summed E-state index contributed by atoms with van der Waals surface area (Å²) in [7, 11) is 0. The number of hydrogen-bond acceptors (Lipinski definition) is 3. The van der Waals surface area contributed by atoms with Gasteiger partial charge in [0.15, 0.2) is 0 Å². The lowest BCUT2D eigenvalue weighted by Crippen LogP contribution is -2.31. The summed E-state index contributed by atoms with van der Waals surface area (Å²) in [5.41, 5.74) is 0.662. The van der Waals surface area contributed by atoms with Crippen LogP contribution >= 0.6 is 23.4 Å². The molecule has 0 aliphatic heterocycles. The van der Waals surface area contributed by atoms with Gasteiger partial charge in [-0.1, -0.05) is 11.6 Å². The van der Waals surface area contributed by atoms with Gasteiger partial charge in [-0.15, -0.1) is 11.8 Å². The van der Waals surface area contributed by atoms with Gasteiger partial charge in [0, 0.05) is 16.5 Å². The van der Waals surface area contributed by atoms with Gasteiger partial charge >= 0.3 is 6.03 Å². The number of carbonyl (C=O) groups is 1. The third kappa shape index (κ3) is 3.92. The number of amides is 2. The molecule has 0 bridgehead atoms. The van der Waals surface area contributed by atoms with Crippen LogP contribution in [0.25, 0.3) is 0 Å². The molecule has 0 aliphatic carbocycles. The average molecular weight is 261 g/mol. The molecule has 3 N–H and O–H groups in total. The van der Waals surface area contributed by atoms with E-state index in [0.29, 0.717) is 10.7 Å². The second-order valence-electron chi connectivity index (χ2n) is 2.95. The lowest BCUT2D eigenvalue weighted by atomic mass is 10.3. The van der Waals surface area contributed by atoms with Crippen molar-refractivity contribution in [3.05, 3.63) is 23.2 Å². The SMILES string of the molecule is CSc1ccc(Cl)cc1NC(=O)NCCO. The highest BCUT2D eigenvalue weighted by molar-refractivity contribution is 7.98. The molecule has 0 unspecified atom stereocenters. The van der Waals surface area contributed by atoms with Crippen LogP contribution in [0.2, 0.25) is 5.02 Å². The van der Waals surface area contributed by atoms with Gasteiger partial charge in [0.05, 0.1) is 12.3 Å². The number of nitrogens with one attached hydrogen (secondary N) is 2. The van der Waals surface area contributed by atoms with E-state index in [1.165, 1.54) is 11.8 Å². The van der Waals surface area contributed by atoms with Gasteiger partial charge in [0.2, 0.25) is 0 Å². The largest absolute Gasteiger partial charge is 0.395 e. The monoisotopic (exact) mass is 260 g/mol. The van der Waals surface area contributed by atoms with E-state index in [2.05, 4.69) is 10.6 Å². The van der Waals surface area contributed by atoms with Crippen molar-refractivity contribution in [2.75, 3.05) is 24.7 Å². The minimum atomic E-state index is -0.355. The number of carbonyl (C=O) groups excluding carboxylic acids is 1. The molecule has 0 saturated carbocycles. The van der Waals surface area contributed by atoms with Crippen LogP contribution < -0.4 is 10.6 Å². The van der Waals surface area contributed by atoms with E-state index in [4.69, 9.17) is 16.7 Å². The van der Waals surface area contributed by atoms with Crippen LogP contribution in [0.5, 0.6) is 0 Å². The summed E-state index contributed by atoms with van der Waals surface area (Å²) in [4.78, 5) is 12.3. The summed E-state index contributed by atoms with van der Waals surface area (Å²) in [6, 6.07) is 4.94. The molecule has 88 valence electrons. The second kappa shape index (κ2) is 6.62. The molecular weight excluding hydrogens is 248 g/mol. The Labute approximate surface area is 103 Å². The molecule has 0 saturated heterocycles. The third-order valence-corrected chi connectivity index (χ3v) is 2.84. The van der Waals surface area contributed by atoms with Crippen molar-refractivity contribution in [2.24, 2.45) is 0 Å². The first-order valence-corrected chi connectivity index (χ1v) is 6.27. The van der Waals surface area contributed by atoms with Gasteiger partial charge in [0.25, 0.3) is 0 Å². The number of urea groups is 1. The van der Waals surface area contributed by atoms with Crippen molar-refractivity contribution in [1.29, 1.82) is 0 Å². The molecule has 6 heteroatoms. The average Bonchev–Trinajstić information content (AvgIpc) is 2.27. The number of aliphatic hydroxyl groups excluding tert-OH is 1. The van der Waals surface area contributed by atoms with Crippen LogP contribution in [0.4, 0.5) is 10.5 Å². The predicted molar refractivity (Wildman–Crippen MR) is 67.3 cm³/mol. The van der Waals surface area contributed by atoms with Gasteiger partial charge in [-0.3, -0.25) is 0 Å². The molecule has 16 heavy (non-hydrogen) atoms. The summed E-state index contributed by atoms with van der Waals surface area (Å²) in [5.74, 6) is 0. The Balaban J connectivity index is 2.71. The first-order chi connectivity index (χ1) is 7.67. The van der Waals surface area contributed by atoms with E-state index in [0.717, 1.165) is 4.90 Å². The zero-order valence-electron chi connectivity index (χ0n) is 8.79. The first kappa shape index (κ1) is 13.2. The van der Waals surface area contributed by atoms with E-state index >= 15 is 0 Å². The minimum absolute atomic E-state index is 0.0850. The number of benzene rings is 1. The fourth-order valence-corrected chi connectivity index (χ4v) is 1.82. The van der Waals surface area contributed by atoms with E-state index in [1.54, 1.807) is 12.1 Å². The summed E-state index contributed by atoms with van der Waals surface area (Å²) in [6.45, 7) is 0.138. The normalized spacial score (nSPS) is 9.94. The lowest BCUT2D eigenvalue weighted by molar-refractivity contribution is 0.244. The maximum atomic E-state index is 11.4. The molecular formula is C10H13ClN2O2S. The van der Waals surface area contributed by atoms with Gasteiger partial charge in [-0.05, 0) is 24.5 Å². The fourth-order valence-electron chi connectivity index (χ4n) is 1.11. The highest BCUT2D eigenvalue weighted by Gasteiger charge is 2.06. The van der Waals surface area contributed by atoms with E-state index in [9.17, 15) is 4.79 Å². The van der Waals surface area contributed by atoms with Crippen LogP contribution in [-0.2, 0) is 0 Å². The van der Waals surface area contributed by atoms with E-state index in [-0.39, 0.29) is 19.2 Å². The summed E-state index contributed by atoms with van der Waals surface area (Å²) in [6.07, 6.45) is 1.92. The van der Waals surface area contributed by atoms with Crippen LogP contribution in [0, 0.1) is 0 Å². The Morgan fingerprint density at radius 2 is 2.31 bits per heavy atom. The Kier molecular flexibility index (Phi) is 5.45. The van der Waals surface area contributed by atoms with Crippen molar-refractivity contribution in [3.8, 4) is 0 Å². The number of halogens is 1. The molecule has 0 atom stereocenters. The van der Waals surface area contributed by atoms with Crippen LogP contribution in [-0.4, -0.2) is 30.5 Å². The number of aliphatic hydroxyl groups is 1. The zero-order chi connectivity index (χ0) is 12.0. The van der Waals surface area contributed by atoms with Crippen LogP contribution in [0.15, 0.2) is 23.1 Å². The topological polar surface area (TPSA) is 61.4 Å². The minimum Gasteiger partial charge on any atom is -0.395 e. The zero-order valence-corrected chi connectivity index (χ0v) is 10.4. The number of rotatable bonds is 4. The second-order valence-corrected chi connectivity index (χ2v) is 4.23. The Bertz CT molecular complexity index is 374. The van der Waals surface area contributed by atoms with Gasteiger partial charge in [-0.2, -0.15) is 0 Å². The number of hydrogen-bond donors (Lipinski definition) is 3. The summed E-state index contributed by atoms with van der Waals surface area (Å²) in [5, 5.41) is 14.3. The first-order valence-electron chi connectivity index (χ1n) is 4.66. The van der Waals surface area contributed by atoms with Crippen molar-refractivity contribution in [2.45, 2.75) is 4.90 Å². The lowest BCUT2D eigenvalue weighted by Gasteiger charge is -2.10. The van der Waals surface area contributed by atoms with Crippen LogP contribution in [0.3, 0.4) is 0 Å². The molecule has 0 radical (unpaired) electrons. The third-order valence-electron chi connectivity index (χ3n) is 1.81. The molecule has 0 aromatic heterocycles. The molecule has 0 fully saturated rings. The van der Waals surface area contributed by atoms with E-state index in [1.807, 2.05) is 12.3 Å². The Morgan fingerprint density at radius 3 is 2.94 bits per heavy atom. The molecule has 1 rings (SSSR count). The summed E-state index contributed by atoms with van der Waals surface area (Å²) >= 11 is 7.36. The van der Waals surface area contributed by atoms with Crippen molar-refractivity contribution in [3.63, 3.8) is 0 Å². The Hall–Kier alpha value is -0.910. The smallest absolute Gasteiger partial charge is 0.319 e. The molecule has 0 heterocycles. The maximum Gasteiger partial charge on any atom is 0.319 e. The standard InChI is InChI=1S/C10H13ClN2O2S/c1-16-9-3-2-7(11)6-8(9)13-10(15)12-4-5-14/h2-3,6,14H,4-5H2,1H3,(H2,12,13,15). The maximum absolute atomic E-state index is 11.4. The van der Waals surface area contributed by atoms with Gasteiger partial charge in [-0.25, -0.2) is 4.79 Å². The fraction of sp³-hybridized carbons (Fsp3) is 0.300. The molecule has 1 aromatic rings. The Morgan fingerprint density at radius 1 is 1.56 bits per heavy atom. The molecule has 4 nitrogen and oxygen atoms in total. The van der Waals surface area contributed by atoms with Gasteiger partial charge in [0.1, 0.15) is 0 Å².